The molecule has 0 spiro atoms. The molecule has 8 heteroatoms. The number of halogens is 3. The maximum atomic E-state index is 14.6. The highest BCUT2D eigenvalue weighted by Gasteiger charge is 2.42. The van der Waals surface area contributed by atoms with E-state index in [4.69, 9.17) is 14.2 Å². The molecule has 1 aliphatic heterocycles. The second-order valence-corrected chi connectivity index (χ2v) is 10.0. The predicted octanol–water partition coefficient (Wildman–Crippen LogP) is 7.27. The SMILES string of the molecule is COC(=O)C(OC(C)(C)C)c1c(C(F)(F)F)ccc(-c2cccc(C#N)c2)c1-c1ccc2c(c1)CCCO2. The Morgan fingerprint density at radius 1 is 1.05 bits per heavy atom. The van der Waals surface area contributed by atoms with E-state index >= 15 is 0 Å². The van der Waals surface area contributed by atoms with Crippen molar-refractivity contribution in [1.29, 1.82) is 5.26 Å². The van der Waals surface area contributed by atoms with E-state index in [-0.39, 0.29) is 11.1 Å². The summed E-state index contributed by atoms with van der Waals surface area (Å²) in [6, 6.07) is 16.2. The van der Waals surface area contributed by atoms with Gasteiger partial charge < -0.3 is 14.2 Å². The average Bonchev–Trinajstić information content (AvgIpc) is 2.89. The van der Waals surface area contributed by atoms with Gasteiger partial charge in [-0.2, -0.15) is 18.4 Å². The molecule has 5 nitrogen and oxygen atoms in total. The van der Waals surface area contributed by atoms with Gasteiger partial charge in [-0.3, -0.25) is 0 Å². The maximum Gasteiger partial charge on any atom is 0.416 e. The molecule has 0 aliphatic carbocycles. The lowest BCUT2D eigenvalue weighted by atomic mass is 9.84. The van der Waals surface area contributed by atoms with Crippen LogP contribution in [0.15, 0.2) is 54.6 Å². The standard InChI is InChI=1S/C30H28F3NO4/c1-29(2,3)38-27(28(35)36-4)26-23(30(31,32)33)12-11-22(19-8-5-7-18(15-19)17-34)25(26)21-10-13-24-20(16-21)9-6-14-37-24/h5,7-8,10-13,15-16,27H,6,9,14H2,1-4H3. The Morgan fingerprint density at radius 3 is 2.47 bits per heavy atom. The topological polar surface area (TPSA) is 68.5 Å². The molecular formula is C30H28F3NO4. The third-order valence-electron chi connectivity index (χ3n) is 6.20. The summed E-state index contributed by atoms with van der Waals surface area (Å²) in [5.41, 5.74) is 0.513. The number of alkyl halides is 3. The molecule has 38 heavy (non-hydrogen) atoms. The average molecular weight is 524 g/mol. The van der Waals surface area contributed by atoms with Crippen molar-refractivity contribution in [2.24, 2.45) is 0 Å². The summed E-state index contributed by atoms with van der Waals surface area (Å²) in [4.78, 5) is 13.1. The fraction of sp³-hybridized carbons (Fsp3) is 0.333. The Kier molecular flexibility index (Phi) is 7.52. The van der Waals surface area contributed by atoms with Crippen LogP contribution in [0, 0.1) is 11.3 Å². The van der Waals surface area contributed by atoms with E-state index in [1.807, 2.05) is 0 Å². The summed E-state index contributed by atoms with van der Waals surface area (Å²) < 4.78 is 60.3. The minimum Gasteiger partial charge on any atom is -0.493 e. The lowest BCUT2D eigenvalue weighted by molar-refractivity contribution is -0.166. The molecule has 3 aromatic rings. The third kappa shape index (κ3) is 5.68. The second kappa shape index (κ2) is 10.5. The number of nitriles is 1. The van der Waals surface area contributed by atoms with Crippen LogP contribution in [-0.2, 0) is 26.9 Å². The quantitative estimate of drug-likeness (QED) is 0.329. The molecule has 0 radical (unpaired) electrons. The molecule has 0 amide bonds. The number of aryl methyl sites for hydroxylation is 1. The number of nitrogens with zero attached hydrogens (tertiary/aromatic N) is 1. The summed E-state index contributed by atoms with van der Waals surface area (Å²) in [5, 5.41) is 9.46. The Hall–Kier alpha value is -3.83. The molecule has 0 N–H and O–H groups in total. The number of methoxy groups -OCH3 is 1. The van der Waals surface area contributed by atoms with Crippen molar-refractivity contribution >= 4 is 5.97 Å². The first kappa shape index (κ1) is 27.2. The number of benzene rings is 3. The first-order valence-corrected chi connectivity index (χ1v) is 12.2. The second-order valence-electron chi connectivity index (χ2n) is 10.0. The van der Waals surface area contributed by atoms with Crippen LogP contribution < -0.4 is 4.74 Å². The summed E-state index contributed by atoms with van der Waals surface area (Å²) in [6.07, 6.45) is -4.98. The van der Waals surface area contributed by atoms with Crippen LogP contribution in [0.4, 0.5) is 13.2 Å². The van der Waals surface area contributed by atoms with Crippen molar-refractivity contribution in [3.8, 4) is 34.1 Å². The van der Waals surface area contributed by atoms with Crippen LogP contribution in [-0.4, -0.2) is 25.3 Å². The van der Waals surface area contributed by atoms with Crippen LogP contribution in [0.2, 0.25) is 0 Å². The van der Waals surface area contributed by atoms with Gasteiger partial charge in [0.25, 0.3) is 0 Å². The van der Waals surface area contributed by atoms with Gasteiger partial charge in [0.15, 0.2) is 6.10 Å². The summed E-state index contributed by atoms with van der Waals surface area (Å²) >= 11 is 0. The molecule has 0 aromatic heterocycles. The Labute approximate surface area is 219 Å². The van der Waals surface area contributed by atoms with Crippen molar-refractivity contribution in [2.45, 2.75) is 51.5 Å². The van der Waals surface area contributed by atoms with Gasteiger partial charge >= 0.3 is 12.1 Å². The van der Waals surface area contributed by atoms with E-state index in [1.54, 1.807) is 63.2 Å². The largest absolute Gasteiger partial charge is 0.493 e. The lowest BCUT2D eigenvalue weighted by Gasteiger charge is -2.31. The molecule has 4 rings (SSSR count). The first-order chi connectivity index (χ1) is 17.9. The maximum absolute atomic E-state index is 14.6. The fourth-order valence-electron chi connectivity index (χ4n) is 4.65. The molecule has 0 fully saturated rings. The summed E-state index contributed by atoms with van der Waals surface area (Å²) in [7, 11) is 1.12. The van der Waals surface area contributed by atoms with Gasteiger partial charge in [0, 0.05) is 5.56 Å². The van der Waals surface area contributed by atoms with Gasteiger partial charge in [0.2, 0.25) is 0 Å². The number of carbonyl (C=O) groups is 1. The summed E-state index contributed by atoms with van der Waals surface area (Å²) in [5.74, 6) is -0.270. The van der Waals surface area contributed by atoms with Gasteiger partial charge in [-0.25, -0.2) is 4.79 Å². The van der Waals surface area contributed by atoms with Crippen LogP contribution >= 0.6 is 0 Å². The van der Waals surface area contributed by atoms with Gasteiger partial charge in [0.1, 0.15) is 5.75 Å². The molecule has 1 aliphatic rings. The Balaban J connectivity index is 2.13. The van der Waals surface area contributed by atoms with Crippen LogP contribution in [0.1, 0.15) is 55.5 Å². The van der Waals surface area contributed by atoms with E-state index < -0.39 is 29.4 Å². The Bertz CT molecular complexity index is 1400. The number of esters is 1. The molecule has 1 heterocycles. The monoisotopic (exact) mass is 523 g/mol. The van der Waals surface area contributed by atoms with Crippen molar-refractivity contribution in [1.82, 2.24) is 0 Å². The van der Waals surface area contributed by atoms with E-state index in [9.17, 15) is 23.2 Å². The highest BCUT2D eigenvalue weighted by atomic mass is 19.4. The highest BCUT2D eigenvalue weighted by Crippen LogP contribution is 2.47. The van der Waals surface area contributed by atoms with E-state index in [1.165, 1.54) is 6.07 Å². The van der Waals surface area contributed by atoms with E-state index in [2.05, 4.69) is 6.07 Å². The number of fused-ring (bicyclic) bond motifs is 1. The van der Waals surface area contributed by atoms with Gasteiger partial charge in [-0.15, -0.1) is 0 Å². The molecular weight excluding hydrogens is 495 g/mol. The normalized spacial score (nSPS) is 14.2. The zero-order chi connectivity index (χ0) is 27.7. The third-order valence-corrected chi connectivity index (χ3v) is 6.20. The minimum atomic E-state index is -4.79. The molecule has 1 unspecified atom stereocenters. The van der Waals surface area contributed by atoms with E-state index in [0.29, 0.717) is 41.0 Å². The van der Waals surface area contributed by atoms with Gasteiger partial charge in [-0.1, -0.05) is 24.3 Å². The van der Waals surface area contributed by atoms with Crippen LogP contribution in [0.5, 0.6) is 5.75 Å². The molecule has 0 bridgehead atoms. The molecule has 0 saturated heterocycles. The van der Waals surface area contributed by atoms with Gasteiger partial charge in [-0.05, 0) is 91.8 Å². The van der Waals surface area contributed by atoms with Crippen LogP contribution in [0.25, 0.3) is 22.3 Å². The van der Waals surface area contributed by atoms with Crippen LogP contribution in [0.3, 0.4) is 0 Å². The molecule has 1 atom stereocenters. The smallest absolute Gasteiger partial charge is 0.416 e. The van der Waals surface area contributed by atoms with Gasteiger partial charge in [0.05, 0.1) is 36.5 Å². The number of rotatable bonds is 5. The zero-order valence-corrected chi connectivity index (χ0v) is 21.6. The molecule has 0 saturated carbocycles. The van der Waals surface area contributed by atoms with Crippen molar-refractivity contribution in [3.63, 3.8) is 0 Å². The van der Waals surface area contributed by atoms with Crippen molar-refractivity contribution in [2.75, 3.05) is 13.7 Å². The Morgan fingerprint density at radius 2 is 1.82 bits per heavy atom. The number of hydrogen-bond donors (Lipinski definition) is 0. The van der Waals surface area contributed by atoms with Crippen molar-refractivity contribution < 1.29 is 32.2 Å². The first-order valence-electron chi connectivity index (χ1n) is 12.2. The number of ether oxygens (including phenoxy) is 3. The molecule has 3 aromatic carbocycles. The summed E-state index contributed by atoms with van der Waals surface area (Å²) in [6.45, 7) is 5.54. The highest BCUT2D eigenvalue weighted by molar-refractivity contribution is 5.91. The predicted molar refractivity (Wildman–Crippen MR) is 136 cm³/mol. The van der Waals surface area contributed by atoms with Crippen molar-refractivity contribution in [3.05, 3.63) is 76.9 Å². The fourth-order valence-corrected chi connectivity index (χ4v) is 4.65. The lowest BCUT2D eigenvalue weighted by Crippen LogP contribution is -2.30. The number of carbonyl (C=O) groups excluding carboxylic acids is 1. The molecule has 198 valence electrons. The van der Waals surface area contributed by atoms with E-state index in [0.717, 1.165) is 25.2 Å². The minimum absolute atomic E-state index is 0.183. The zero-order valence-electron chi connectivity index (χ0n) is 21.6. The number of hydrogen-bond acceptors (Lipinski definition) is 5.